The molecule has 5 rings (SSSR count). The van der Waals surface area contributed by atoms with Crippen molar-refractivity contribution < 1.29 is 4.79 Å². The molecule has 1 saturated heterocycles. The Bertz CT molecular complexity index is 1150. The molecule has 2 aliphatic rings. The molecular formula is C24H28N4O2S. The van der Waals surface area contributed by atoms with Crippen LogP contribution >= 0.6 is 11.3 Å². The third-order valence-electron chi connectivity index (χ3n) is 6.69. The highest BCUT2D eigenvalue weighted by Crippen LogP contribution is 2.34. The van der Waals surface area contributed by atoms with E-state index in [-0.39, 0.29) is 23.4 Å². The molecular weight excluding hydrogens is 408 g/mol. The number of hydrogen-bond donors (Lipinski definition) is 0. The van der Waals surface area contributed by atoms with E-state index in [2.05, 4.69) is 17.0 Å². The summed E-state index contributed by atoms with van der Waals surface area (Å²) >= 11 is 1.45. The highest BCUT2D eigenvalue weighted by atomic mass is 32.1. The Labute approximate surface area is 185 Å². The summed E-state index contributed by atoms with van der Waals surface area (Å²) in [6.07, 6.45) is 7.51. The van der Waals surface area contributed by atoms with E-state index in [0.717, 1.165) is 62.4 Å². The molecule has 7 heteroatoms. The van der Waals surface area contributed by atoms with Gasteiger partial charge in [0, 0.05) is 19.0 Å². The summed E-state index contributed by atoms with van der Waals surface area (Å²) in [5, 5.41) is 0.763. The molecule has 0 radical (unpaired) electrons. The molecule has 6 nitrogen and oxygen atoms in total. The Morgan fingerprint density at radius 3 is 2.65 bits per heavy atom. The Kier molecular flexibility index (Phi) is 5.61. The number of anilines is 1. The van der Waals surface area contributed by atoms with Crippen LogP contribution in [-0.4, -0.2) is 32.9 Å². The number of carbonyl (C=O) groups is 1. The minimum absolute atomic E-state index is 0.0250. The molecule has 1 saturated carbocycles. The summed E-state index contributed by atoms with van der Waals surface area (Å²) in [5.41, 5.74) is 1.62. The summed E-state index contributed by atoms with van der Waals surface area (Å²) in [7, 11) is 0. The van der Waals surface area contributed by atoms with Gasteiger partial charge in [-0.15, -0.1) is 0 Å². The fourth-order valence-electron chi connectivity index (χ4n) is 5.10. The van der Waals surface area contributed by atoms with Crippen molar-refractivity contribution in [2.75, 3.05) is 11.4 Å². The predicted molar refractivity (Wildman–Crippen MR) is 124 cm³/mol. The molecule has 0 N–H and O–H groups in total. The van der Waals surface area contributed by atoms with Gasteiger partial charge in [0.05, 0.1) is 6.04 Å². The summed E-state index contributed by atoms with van der Waals surface area (Å²) in [4.78, 5) is 38.5. The van der Waals surface area contributed by atoms with Gasteiger partial charge in [0.1, 0.15) is 5.82 Å². The van der Waals surface area contributed by atoms with Crippen LogP contribution < -0.4 is 10.5 Å². The van der Waals surface area contributed by atoms with Crippen LogP contribution in [0.5, 0.6) is 0 Å². The topological polar surface area (TPSA) is 68.1 Å². The average Bonchev–Trinajstić information content (AvgIpc) is 3.53. The molecule has 0 amide bonds. The Hall–Kier alpha value is -2.54. The monoisotopic (exact) mass is 436 g/mol. The van der Waals surface area contributed by atoms with Gasteiger partial charge in [-0.2, -0.15) is 0 Å². The van der Waals surface area contributed by atoms with Crippen LogP contribution in [0.25, 0.3) is 10.3 Å². The van der Waals surface area contributed by atoms with Crippen molar-refractivity contribution in [2.45, 2.75) is 70.4 Å². The first-order valence-electron chi connectivity index (χ1n) is 11.3. The largest absolute Gasteiger partial charge is 0.338 e. The summed E-state index contributed by atoms with van der Waals surface area (Å²) in [5.74, 6) is 1.03. The second-order valence-electron chi connectivity index (χ2n) is 8.73. The van der Waals surface area contributed by atoms with Gasteiger partial charge in [-0.25, -0.2) is 9.97 Å². The van der Waals surface area contributed by atoms with Gasteiger partial charge in [-0.1, -0.05) is 54.5 Å². The van der Waals surface area contributed by atoms with Crippen molar-refractivity contribution in [1.29, 1.82) is 0 Å². The molecule has 2 fully saturated rings. The zero-order chi connectivity index (χ0) is 21.4. The van der Waals surface area contributed by atoms with Gasteiger partial charge in [-0.3, -0.25) is 14.2 Å². The number of aryl methyl sites for hydroxylation is 2. The van der Waals surface area contributed by atoms with Gasteiger partial charge >= 0.3 is 0 Å². The quantitative estimate of drug-likeness (QED) is 0.571. The molecule has 0 bridgehead atoms. The fraction of sp³-hybridized carbons (Fsp3) is 0.500. The summed E-state index contributed by atoms with van der Waals surface area (Å²) in [6.45, 7) is 2.72. The van der Waals surface area contributed by atoms with Crippen LogP contribution in [0.4, 0.5) is 5.13 Å². The van der Waals surface area contributed by atoms with Crippen LogP contribution in [0.3, 0.4) is 0 Å². The molecule has 3 aromatic rings. The smallest absolute Gasteiger partial charge is 0.281 e. The molecule has 2 aromatic heterocycles. The number of aromatic nitrogens is 3. The maximum absolute atomic E-state index is 13.2. The van der Waals surface area contributed by atoms with Gasteiger partial charge < -0.3 is 4.90 Å². The first kappa shape index (κ1) is 20.4. The number of thiazole rings is 1. The second kappa shape index (κ2) is 8.54. The summed E-state index contributed by atoms with van der Waals surface area (Å²) in [6, 6.07) is 10.2. The van der Waals surface area contributed by atoms with Crippen molar-refractivity contribution in [3.63, 3.8) is 0 Å². The SMILES string of the molecule is Cc1nc2sc(N3CCC[C@@H]3C(=O)CCc3ccccc3)nc2c(=O)n1C1CCCC1. The number of rotatable bonds is 6. The molecule has 1 aliphatic heterocycles. The lowest BCUT2D eigenvalue weighted by atomic mass is 10.0. The van der Waals surface area contributed by atoms with Gasteiger partial charge in [0.25, 0.3) is 5.56 Å². The van der Waals surface area contributed by atoms with E-state index in [1.165, 1.54) is 16.9 Å². The van der Waals surface area contributed by atoms with Gasteiger partial charge in [0.2, 0.25) is 0 Å². The summed E-state index contributed by atoms with van der Waals surface area (Å²) < 4.78 is 1.85. The zero-order valence-electron chi connectivity index (χ0n) is 17.9. The fourth-order valence-corrected chi connectivity index (χ4v) is 6.16. The second-order valence-corrected chi connectivity index (χ2v) is 9.68. The Balaban J connectivity index is 1.39. The van der Waals surface area contributed by atoms with Crippen LogP contribution in [-0.2, 0) is 11.2 Å². The average molecular weight is 437 g/mol. The highest BCUT2D eigenvalue weighted by molar-refractivity contribution is 7.21. The van der Waals surface area contributed by atoms with Crippen molar-refractivity contribution in [3.05, 3.63) is 52.1 Å². The van der Waals surface area contributed by atoms with Crippen LogP contribution in [0.1, 0.15) is 62.4 Å². The minimum Gasteiger partial charge on any atom is -0.338 e. The molecule has 1 atom stereocenters. The Morgan fingerprint density at radius 1 is 1.10 bits per heavy atom. The van der Waals surface area contributed by atoms with E-state index >= 15 is 0 Å². The molecule has 0 spiro atoms. The van der Waals surface area contributed by atoms with E-state index in [1.54, 1.807) is 0 Å². The lowest BCUT2D eigenvalue weighted by Gasteiger charge is -2.22. The molecule has 1 aliphatic carbocycles. The van der Waals surface area contributed by atoms with E-state index in [1.807, 2.05) is 29.7 Å². The molecule has 162 valence electrons. The molecule has 31 heavy (non-hydrogen) atoms. The van der Waals surface area contributed by atoms with Crippen LogP contribution in [0.15, 0.2) is 35.1 Å². The molecule has 0 unspecified atom stereocenters. The van der Waals surface area contributed by atoms with Crippen LogP contribution in [0.2, 0.25) is 0 Å². The maximum atomic E-state index is 13.2. The lowest BCUT2D eigenvalue weighted by molar-refractivity contribution is -0.120. The third-order valence-corrected chi connectivity index (χ3v) is 7.68. The number of fused-ring (bicyclic) bond motifs is 1. The van der Waals surface area contributed by atoms with E-state index in [0.29, 0.717) is 16.8 Å². The van der Waals surface area contributed by atoms with E-state index in [9.17, 15) is 9.59 Å². The lowest BCUT2D eigenvalue weighted by Crippen LogP contribution is -2.36. The minimum atomic E-state index is -0.151. The first-order valence-corrected chi connectivity index (χ1v) is 12.2. The van der Waals surface area contributed by atoms with Crippen LogP contribution in [0, 0.1) is 6.92 Å². The number of hydrogen-bond acceptors (Lipinski definition) is 6. The van der Waals surface area contributed by atoms with Crippen molar-refractivity contribution in [1.82, 2.24) is 14.5 Å². The standard InChI is InChI=1S/C24H28N4O2S/c1-16-25-22-21(23(30)28(16)18-10-5-6-11-18)26-24(31-22)27-15-7-12-19(27)20(29)14-13-17-8-3-2-4-9-17/h2-4,8-9,18-19H,5-7,10-15H2,1H3/t19-/m1/s1. The van der Waals surface area contributed by atoms with E-state index in [4.69, 9.17) is 9.97 Å². The van der Waals surface area contributed by atoms with Crippen molar-refractivity contribution in [3.8, 4) is 0 Å². The number of Topliss-reactive ketones (excluding diaryl/α,β-unsaturated/α-hetero) is 1. The van der Waals surface area contributed by atoms with Crippen molar-refractivity contribution in [2.24, 2.45) is 0 Å². The normalized spacial score (nSPS) is 19.5. The number of nitrogens with zero attached hydrogens (tertiary/aromatic N) is 4. The number of benzene rings is 1. The van der Waals surface area contributed by atoms with Gasteiger partial charge in [-0.05, 0) is 44.6 Å². The van der Waals surface area contributed by atoms with Gasteiger partial charge in [0.15, 0.2) is 21.3 Å². The number of ketones is 1. The maximum Gasteiger partial charge on any atom is 0.281 e. The molecule has 3 heterocycles. The predicted octanol–water partition coefficient (Wildman–Crippen LogP) is 4.45. The zero-order valence-corrected chi connectivity index (χ0v) is 18.7. The molecule has 1 aromatic carbocycles. The highest BCUT2D eigenvalue weighted by Gasteiger charge is 2.33. The first-order chi connectivity index (χ1) is 15.1. The Morgan fingerprint density at radius 2 is 1.87 bits per heavy atom. The number of carbonyl (C=O) groups excluding carboxylic acids is 1. The van der Waals surface area contributed by atoms with Crippen molar-refractivity contribution >= 4 is 32.6 Å². The third kappa shape index (κ3) is 3.91. The van der Waals surface area contributed by atoms with E-state index < -0.39 is 0 Å².